The number of hydrogen-bond acceptors (Lipinski definition) is 10. The summed E-state index contributed by atoms with van der Waals surface area (Å²) in [6.07, 6.45) is 0. The number of hydrogen-bond donors (Lipinski definition) is 0. The Labute approximate surface area is 173 Å². The fourth-order valence-corrected chi connectivity index (χ4v) is 4.44. The van der Waals surface area contributed by atoms with Crippen molar-refractivity contribution in [1.82, 2.24) is 0 Å². The van der Waals surface area contributed by atoms with Crippen LogP contribution >= 0.6 is 0 Å². The maximum Gasteiger partial charge on any atom is 0.316 e. The van der Waals surface area contributed by atoms with Crippen LogP contribution in [0.3, 0.4) is 0 Å². The highest BCUT2D eigenvalue weighted by Gasteiger charge is 2.71. The van der Waals surface area contributed by atoms with Crippen LogP contribution in [0.2, 0.25) is 0 Å². The lowest BCUT2D eigenvalue weighted by atomic mass is 9.82. The summed E-state index contributed by atoms with van der Waals surface area (Å²) in [7, 11) is 0. The van der Waals surface area contributed by atoms with Gasteiger partial charge in [0, 0.05) is 11.8 Å². The number of carbonyl (C=O) groups is 6. The highest BCUT2D eigenvalue weighted by atomic mass is 16.5. The van der Waals surface area contributed by atoms with Crippen LogP contribution in [0.4, 0.5) is 0 Å². The molecule has 0 saturated heterocycles. The van der Waals surface area contributed by atoms with E-state index in [2.05, 4.69) is 0 Å². The van der Waals surface area contributed by atoms with E-state index in [1.807, 2.05) is 0 Å². The van der Waals surface area contributed by atoms with Gasteiger partial charge >= 0.3 is 23.9 Å². The third-order valence-electron chi connectivity index (χ3n) is 5.37. The van der Waals surface area contributed by atoms with Crippen molar-refractivity contribution >= 4 is 35.4 Å². The Balaban J connectivity index is 2.63. The summed E-state index contributed by atoms with van der Waals surface area (Å²) in [6.45, 7) is 5.91. The molecule has 0 spiro atoms. The van der Waals surface area contributed by atoms with E-state index in [-0.39, 0.29) is 26.4 Å². The Bertz CT molecular complexity index is 624. The van der Waals surface area contributed by atoms with Gasteiger partial charge in [0.15, 0.2) is 11.6 Å². The fraction of sp³-hybridized carbons (Fsp3) is 0.700. The molecule has 0 aliphatic heterocycles. The van der Waals surface area contributed by atoms with Crippen molar-refractivity contribution in [2.75, 3.05) is 26.4 Å². The van der Waals surface area contributed by atoms with Crippen LogP contribution < -0.4 is 0 Å². The smallest absolute Gasteiger partial charge is 0.316 e. The molecule has 30 heavy (non-hydrogen) atoms. The van der Waals surface area contributed by atoms with Gasteiger partial charge in [0.1, 0.15) is 23.7 Å². The Morgan fingerprint density at radius 2 is 0.733 bits per heavy atom. The Hall–Kier alpha value is -2.78. The monoisotopic (exact) mass is 426 g/mol. The molecule has 0 aromatic rings. The third-order valence-corrected chi connectivity index (χ3v) is 5.37. The number of ketones is 2. The van der Waals surface area contributed by atoms with Gasteiger partial charge in [-0.3, -0.25) is 28.8 Å². The number of carbonyl (C=O) groups excluding carboxylic acids is 6. The molecule has 10 heteroatoms. The lowest BCUT2D eigenvalue weighted by Crippen LogP contribution is -2.39. The van der Waals surface area contributed by atoms with E-state index >= 15 is 0 Å². The van der Waals surface area contributed by atoms with Crippen LogP contribution in [-0.4, -0.2) is 61.9 Å². The zero-order valence-electron chi connectivity index (χ0n) is 17.4. The minimum Gasteiger partial charge on any atom is -0.465 e. The van der Waals surface area contributed by atoms with Crippen molar-refractivity contribution in [3.05, 3.63) is 0 Å². The molecular formula is C20H26O10. The standard InChI is InChI=1S/C20H26O10/c1-5-27-17(23)11-9-10(13(15(11)21)19(25)29-7-3)14(20(26)30-8-4)16(22)12(9)18(24)28-6-2/h9-14H,5-8H2,1-4H3. The van der Waals surface area contributed by atoms with E-state index in [9.17, 15) is 28.8 Å². The van der Waals surface area contributed by atoms with Crippen LogP contribution in [0, 0.1) is 35.5 Å². The van der Waals surface area contributed by atoms with Gasteiger partial charge in [-0.1, -0.05) is 0 Å². The zero-order valence-corrected chi connectivity index (χ0v) is 17.4. The molecule has 0 aromatic heterocycles. The van der Waals surface area contributed by atoms with E-state index in [4.69, 9.17) is 18.9 Å². The molecule has 0 bridgehead atoms. The van der Waals surface area contributed by atoms with Crippen LogP contribution in [0.25, 0.3) is 0 Å². The predicted octanol–water partition coefficient (Wildman–Crippen LogP) is 0.101. The molecule has 4 unspecified atom stereocenters. The first kappa shape index (κ1) is 23.5. The number of esters is 4. The first-order chi connectivity index (χ1) is 14.3. The third kappa shape index (κ3) is 3.95. The van der Waals surface area contributed by atoms with Crippen LogP contribution in [0.15, 0.2) is 0 Å². The van der Waals surface area contributed by atoms with Crippen LogP contribution in [0.5, 0.6) is 0 Å². The second-order valence-corrected chi connectivity index (χ2v) is 6.88. The van der Waals surface area contributed by atoms with Crippen molar-refractivity contribution in [1.29, 1.82) is 0 Å². The molecule has 0 radical (unpaired) electrons. The van der Waals surface area contributed by atoms with E-state index in [1.165, 1.54) is 27.7 Å². The lowest BCUT2D eigenvalue weighted by molar-refractivity contribution is -0.158. The Morgan fingerprint density at radius 1 is 0.533 bits per heavy atom. The Morgan fingerprint density at radius 3 is 0.900 bits per heavy atom. The van der Waals surface area contributed by atoms with E-state index in [0.717, 1.165) is 0 Å². The second kappa shape index (κ2) is 9.82. The largest absolute Gasteiger partial charge is 0.465 e. The molecule has 10 nitrogen and oxygen atoms in total. The van der Waals surface area contributed by atoms with Crippen LogP contribution in [0.1, 0.15) is 27.7 Å². The molecule has 0 amide bonds. The maximum absolute atomic E-state index is 13.1. The first-order valence-electron chi connectivity index (χ1n) is 10.0. The van der Waals surface area contributed by atoms with E-state index < -0.39 is 71.0 Å². The van der Waals surface area contributed by atoms with Crippen molar-refractivity contribution in [3.8, 4) is 0 Å². The van der Waals surface area contributed by atoms with Gasteiger partial charge in [-0.05, 0) is 27.7 Å². The topological polar surface area (TPSA) is 139 Å². The minimum atomic E-state index is -1.57. The van der Waals surface area contributed by atoms with E-state index in [1.54, 1.807) is 0 Å². The summed E-state index contributed by atoms with van der Waals surface area (Å²) in [5, 5.41) is 0. The van der Waals surface area contributed by atoms with Crippen molar-refractivity contribution < 1.29 is 47.7 Å². The highest BCUT2D eigenvalue weighted by molar-refractivity contribution is 6.18. The summed E-state index contributed by atoms with van der Waals surface area (Å²) < 4.78 is 19.9. The van der Waals surface area contributed by atoms with Gasteiger partial charge in [-0.2, -0.15) is 0 Å². The van der Waals surface area contributed by atoms with Crippen LogP contribution in [-0.2, 0) is 47.7 Å². The molecule has 2 rings (SSSR count). The first-order valence-corrected chi connectivity index (χ1v) is 10.0. The molecule has 2 fully saturated rings. The highest BCUT2D eigenvalue weighted by Crippen LogP contribution is 2.54. The molecule has 0 N–H and O–H groups in total. The second-order valence-electron chi connectivity index (χ2n) is 6.88. The molecule has 0 heterocycles. The van der Waals surface area contributed by atoms with Crippen molar-refractivity contribution in [3.63, 3.8) is 0 Å². The summed E-state index contributed by atoms with van der Waals surface area (Å²) in [4.78, 5) is 76.5. The van der Waals surface area contributed by atoms with Gasteiger partial charge in [0.05, 0.1) is 26.4 Å². The maximum atomic E-state index is 13.1. The van der Waals surface area contributed by atoms with Gasteiger partial charge < -0.3 is 18.9 Å². The summed E-state index contributed by atoms with van der Waals surface area (Å²) >= 11 is 0. The van der Waals surface area contributed by atoms with E-state index in [0.29, 0.717) is 0 Å². The summed E-state index contributed by atoms with van der Waals surface area (Å²) in [5.74, 6) is -14.3. The van der Waals surface area contributed by atoms with Gasteiger partial charge in [-0.15, -0.1) is 0 Å². The van der Waals surface area contributed by atoms with Gasteiger partial charge in [-0.25, -0.2) is 0 Å². The van der Waals surface area contributed by atoms with Gasteiger partial charge in [0.25, 0.3) is 0 Å². The van der Waals surface area contributed by atoms with Crippen molar-refractivity contribution in [2.45, 2.75) is 27.7 Å². The molecule has 2 aliphatic rings. The quantitative estimate of drug-likeness (QED) is 0.298. The normalized spacial score (nSPS) is 29.9. The summed E-state index contributed by atoms with van der Waals surface area (Å²) in [6, 6.07) is 0. The number of ether oxygens (including phenoxy) is 4. The number of fused-ring (bicyclic) bond motifs is 1. The average Bonchev–Trinajstić information content (AvgIpc) is 3.11. The molecule has 4 atom stereocenters. The average molecular weight is 426 g/mol. The van der Waals surface area contributed by atoms with Crippen molar-refractivity contribution in [2.24, 2.45) is 35.5 Å². The Kier molecular flexibility index (Phi) is 7.69. The summed E-state index contributed by atoms with van der Waals surface area (Å²) in [5.41, 5.74) is 0. The molecule has 0 aromatic carbocycles. The predicted molar refractivity (Wildman–Crippen MR) is 97.5 cm³/mol. The zero-order chi connectivity index (χ0) is 22.6. The SMILES string of the molecule is CCOC(=O)C1C(=O)C(C(=O)OCC)C2C(C(=O)OCC)C(=O)C(C(=O)OCC)C12. The van der Waals surface area contributed by atoms with Gasteiger partial charge in [0.2, 0.25) is 0 Å². The molecule has 166 valence electrons. The number of Topliss-reactive ketones (excluding diaryl/α,β-unsaturated/α-hetero) is 2. The lowest BCUT2D eigenvalue weighted by Gasteiger charge is -2.21. The molecule has 2 saturated carbocycles. The molecular weight excluding hydrogens is 400 g/mol. The number of rotatable bonds is 8. The molecule has 2 aliphatic carbocycles. The minimum absolute atomic E-state index is 0.0522. The fourth-order valence-electron chi connectivity index (χ4n) is 4.44.